The molecule has 29 heavy (non-hydrogen) atoms. The summed E-state index contributed by atoms with van der Waals surface area (Å²) < 4.78 is 2.34. The van der Waals surface area contributed by atoms with E-state index in [0.29, 0.717) is 0 Å². The minimum atomic E-state index is 0.725. The Hall–Kier alpha value is -2.62. The molecule has 0 radical (unpaired) electrons. The zero-order chi connectivity index (χ0) is 20.2. The molecule has 0 aliphatic rings. The molecule has 0 atom stereocenters. The Kier molecular flexibility index (Phi) is 5.98. The van der Waals surface area contributed by atoms with E-state index in [9.17, 15) is 0 Å². The van der Waals surface area contributed by atoms with Gasteiger partial charge in [0.2, 0.25) is 0 Å². The van der Waals surface area contributed by atoms with Crippen LogP contribution in [0.4, 0.5) is 5.69 Å². The summed E-state index contributed by atoms with van der Waals surface area (Å²) in [6, 6.07) is 24.9. The van der Waals surface area contributed by atoms with Gasteiger partial charge >= 0.3 is 0 Å². The molecule has 4 aromatic rings. The number of aryl methyl sites for hydroxylation is 3. The minimum Gasteiger partial charge on any atom is -0.316 e. The summed E-state index contributed by atoms with van der Waals surface area (Å²) in [5.74, 6) is 0. The van der Waals surface area contributed by atoms with E-state index in [1.807, 2.05) is 24.3 Å². The fraction of sp³-hybridized carbons (Fsp3) is 0.160. The lowest BCUT2D eigenvalue weighted by Crippen LogP contribution is -2.17. The molecule has 146 valence electrons. The smallest absolute Gasteiger partial charge is 0.190 e. The Bertz CT molecular complexity index is 1170. The SMILES string of the molecule is Cc1ccc(-c2csc(=Nc3ccc(Cl)cc3)n2CCc2ccccc2)c(C)c1. The van der Waals surface area contributed by atoms with Gasteiger partial charge in [-0.05, 0) is 55.7 Å². The van der Waals surface area contributed by atoms with Gasteiger partial charge in [0.15, 0.2) is 4.80 Å². The third-order valence-corrected chi connectivity index (χ3v) is 6.09. The van der Waals surface area contributed by atoms with Gasteiger partial charge in [-0.15, -0.1) is 11.3 Å². The van der Waals surface area contributed by atoms with Crippen molar-refractivity contribution in [3.05, 3.63) is 105 Å². The number of thiazole rings is 1. The number of halogens is 1. The van der Waals surface area contributed by atoms with Crippen molar-refractivity contribution in [2.45, 2.75) is 26.8 Å². The number of aromatic nitrogens is 1. The molecule has 0 bridgehead atoms. The van der Waals surface area contributed by atoms with Crippen molar-refractivity contribution >= 4 is 28.6 Å². The lowest BCUT2D eigenvalue weighted by Gasteiger charge is -2.12. The quantitative estimate of drug-likeness (QED) is 0.333. The minimum absolute atomic E-state index is 0.725. The largest absolute Gasteiger partial charge is 0.316 e. The van der Waals surface area contributed by atoms with Crippen LogP contribution in [0.25, 0.3) is 11.3 Å². The van der Waals surface area contributed by atoms with Gasteiger partial charge in [0.25, 0.3) is 0 Å². The Morgan fingerprint density at radius 2 is 1.69 bits per heavy atom. The first kappa shape index (κ1) is 19.7. The first-order valence-corrected chi connectivity index (χ1v) is 11.0. The highest BCUT2D eigenvalue weighted by Crippen LogP contribution is 2.26. The van der Waals surface area contributed by atoms with E-state index < -0.39 is 0 Å². The number of hydrogen-bond acceptors (Lipinski definition) is 2. The lowest BCUT2D eigenvalue weighted by molar-refractivity contribution is 0.683. The molecule has 3 aromatic carbocycles. The molecule has 0 aliphatic carbocycles. The molecule has 2 nitrogen and oxygen atoms in total. The van der Waals surface area contributed by atoms with Gasteiger partial charge in [0, 0.05) is 22.5 Å². The molecule has 0 aliphatic heterocycles. The highest BCUT2D eigenvalue weighted by Gasteiger charge is 2.11. The van der Waals surface area contributed by atoms with Gasteiger partial charge in [-0.2, -0.15) is 0 Å². The molecule has 0 unspecified atom stereocenters. The van der Waals surface area contributed by atoms with Crippen LogP contribution in [-0.4, -0.2) is 4.57 Å². The summed E-state index contributed by atoms with van der Waals surface area (Å²) in [6.45, 7) is 5.19. The Balaban J connectivity index is 1.78. The molecule has 0 spiro atoms. The van der Waals surface area contributed by atoms with E-state index >= 15 is 0 Å². The Labute approximate surface area is 180 Å². The van der Waals surface area contributed by atoms with Crippen LogP contribution in [0.3, 0.4) is 0 Å². The maximum absolute atomic E-state index is 6.03. The second-order valence-electron chi connectivity index (χ2n) is 7.20. The standard InChI is InChI=1S/C25H23ClN2S/c1-18-8-13-23(19(2)16-18)24-17-29-25(27-22-11-9-21(26)10-12-22)28(24)15-14-20-6-4-3-5-7-20/h3-13,16-17H,14-15H2,1-2H3. The number of rotatable bonds is 5. The van der Waals surface area contributed by atoms with Crippen LogP contribution in [0.15, 0.2) is 83.2 Å². The van der Waals surface area contributed by atoms with E-state index in [1.165, 1.54) is 27.9 Å². The van der Waals surface area contributed by atoms with Gasteiger partial charge in [-0.1, -0.05) is 65.7 Å². The number of hydrogen-bond donors (Lipinski definition) is 0. The van der Waals surface area contributed by atoms with Crippen LogP contribution in [0, 0.1) is 13.8 Å². The summed E-state index contributed by atoms with van der Waals surface area (Å²) >= 11 is 7.71. The van der Waals surface area contributed by atoms with Crippen molar-refractivity contribution in [2.75, 3.05) is 0 Å². The summed E-state index contributed by atoms with van der Waals surface area (Å²) in [4.78, 5) is 5.91. The van der Waals surface area contributed by atoms with Crippen LogP contribution >= 0.6 is 22.9 Å². The number of benzene rings is 3. The zero-order valence-electron chi connectivity index (χ0n) is 16.6. The molecule has 0 amide bonds. The van der Waals surface area contributed by atoms with Crippen molar-refractivity contribution in [2.24, 2.45) is 4.99 Å². The molecule has 4 heteroatoms. The molecule has 0 N–H and O–H groups in total. The van der Waals surface area contributed by atoms with E-state index in [1.54, 1.807) is 11.3 Å². The predicted molar refractivity (Wildman–Crippen MR) is 124 cm³/mol. The van der Waals surface area contributed by atoms with E-state index in [4.69, 9.17) is 16.6 Å². The van der Waals surface area contributed by atoms with Crippen LogP contribution < -0.4 is 4.80 Å². The summed E-state index contributed by atoms with van der Waals surface area (Å²) in [5.41, 5.74) is 7.29. The highest BCUT2D eigenvalue weighted by molar-refractivity contribution is 7.07. The fourth-order valence-electron chi connectivity index (χ4n) is 3.46. The predicted octanol–water partition coefficient (Wildman–Crippen LogP) is 6.96. The molecule has 1 aromatic heterocycles. The molecule has 0 saturated heterocycles. The van der Waals surface area contributed by atoms with Gasteiger partial charge in [-0.25, -0.2) is 4.99 Å². The van der Waals surface area contributed by atoms with Crippen molar-refractivity contribution in [3.8, 4) is 11.3 Å². The third-order valence-electron chi connectivity index (χ3n) is 4.97. The molecular formula is C25H23ClN2S. The topological polar surface area (TPSA) is 17.3 Å². The van der Waals surface area contributed by atoms with Crippen LogP contribution in [0.2, 0.25) is 5.02 Å². The maximum atomic E-state index is 6.03. The second-order valence-corrected chi connectivity index (χ2v) is 8.47. The fourth-order valence-corrected chi connectivity index (χ4v) is 4.54. The number of nitrogens with zero attached hydrogens (tertiary/aromatic N) is 2. The van der Waals surface area contributed by atoms with Crippen molar-refractivity contribution in [3.63, 3.8) is 0 Å². The van der Waals surface area contributed by atoms with Crippen LogP contribution in [-0.2, 0) is 13.0 Å². The van der Waals surface area contributed by atoms with Gasteiger partial charge < -0.3 is 4.57 Å². The van der Waals surface area contributed by atoms with E-state index in [-0.39, 0.29) is 0 Å². The highest BCUT2D eigenvalue weighted by atomic mass is 35.5. The average Bonchev–Trinajstić information content (AvgIpc) is 3.11. The molecule has 4 rings (SSSR count). The van der Waals surface area contributed by atoms with Crippen LogP contribution in [0.5, 0.6) is 0 Å². The average molecular weight is 419 g/mol. The normalized spacial score (nSPS) is 11.8. The monoisotopic (exact) mass is 418 g/mol. The summed E-state index contributed by atoms with van der Waals surface area (Å²) in [5, 5.41) is 2.94. The van der Waals surface area contributed by atoms with Gasteiger partial charge in [0.05, 0.1) is 11.4 Å². The van der Waals surface area contributed by atoms with E-state index in [2.05, 4.69) is 72.3 Å². The second kappa shape index (κ2) is 8.81. The van der Waals surface area contributed by atoms with E-state index in [0.717, 1.165) is 28.5 Å². The Morgan fingerprint density at radius 1 is 0.931 bits per heavy atom. The first-order chi connectivity index (χ1) is 14.1. The maximum Gasteiger partial charge on any atom is 0.190 e. The van der Waals surface area contributed by atoms with Crippen LogP contribution in [0.1, 0.15) is 16.7 Å². The van der Waals surface area contributed by atoms with Crippen molar-refractivity contribution in [1.29, 1.82) is 0 Å². The zero-order valence-corrected chi connectivity index (χ0v) is 18.2. The molecule has 0 fully saturated rings. The molecular weight excluding hydrogens is 396 g/mol. The summed E-state index contributed by atoms with van der Waals surface area (Å²) in [7, 11) is 0. The first-order valence-electron chi connectivity index (χ1n) is 9.70. The van der Waals surface area contributed by atoms with Gasteiger partial charge in [-0.3, -0.25) is 0 Å². The van der Waals surface area contributed by atoms with Crippen molar-refractivity contribution < 1.29 is 0 Å². The van der Waals surface area contributed by atoms with Gasteiger partial charge in [0.1, 0.15) is 0 Å². The molecule has 1 heterocycles. The Morgan fingerprint density at radius 3 is 2.41 bits per heavy atom. The van der Waals surface area contributed by atoms with Crippen molar-refractivity contribution in [1.82, 2.24) is 4.57 Å². The third kappa shape index (κ3) is 4.69. The summed E-state index contributed by atoms with van der Waals surface area (Å²) in [6.07, 6.45) is 0.962. The lowest BCUT2D eigenvalue weighted by atomic mass is 10.0. The molecule has 0 saturated carbocycles.